The van der Waals surface area contributed by atoms with Crippen LogP contribution >= 0.6 is 11.6 Å². The Labute approximate surface area is 205 Å². The first-order chi connectivity index (χ1) is 16.6. The fourth-order valence-electron chi connectivity index (χ4n) is 4.38. The minimum Gasteiger partial charge on any atom is -0.456 e. The van der Waals surface area contributed by atoms with Crippen LogP contribution in [0.1, 0.15) is 42.1 Å². The van der Waals surface area contributed by atoms with E-state index in [4.69, 9.17) is 22.1 Å². The highest BCUT2D eigenvalue weighted by Crippen LogP contribution is 2.38. The van der Waals surface area contributed by atoms with Crippen molar-refractivity contribution in [3.8, 4) is 0 Å². The van der Waals surface area contributed by atoms with E-state index < -0.39 is 36.3 Å². The molecule has 0 unspecified atom stereocenters. The average molecular weight is 501 g/mol. The van der Waals surface area contributed by atoms with Gasteiger partial charge in [-0.1, -0.05) is 11.6 Å². The van der Waals surface area contributed by atoms with Crippen molar-refractivity contribution in [2.24, 2.45) is 0 Å². The number of esters is 1. The van der Waals surface area contributed by atoms with Gasteiger partial charge in [-0.3, -0.25) is 14.4 Å². The molecule has 3 heterocycles. The van der Waals surface area contributed by atoms with Gasteiger partial charge in [-0.05, 0) is 55.2 Å². The Morgan fingerprint density at radius 1 is 1.26 bits per heavy atom. The van der Waals surface area contributed by atoms with Crippen molar-refractivity contribution in [3.05, 3.63) is 58.5 Å². The van der Waals surface area contributed by atoms with E-state index in [0.717, 1.165) is 11.6 Å². The zero-order valence-electron chi connectivity index (χ0n) is 18.7. The first-order valence-corrected chi connectivity index (χ1v) is 11.2. The number of benzene rings is 1. The molecule has 9 nitrogen and oxygen atoms in total. The number of anilines is 2. The number of ether oxygens (including phenoxy) is 1. The van der Waals surface area contributed by atoms with Crippen LogP contribution in [0.5, 0.6) is 0 Å². The number of hydrogen-bond donors (Lipinski definition) is 2. The SMILES string of the molecule is CC(=O)Nc1ccc(C(=O)COC(=O)[C@@H]2CC[C@H]3CC(c4cc(Cl)ccc4N)=CC(=O)N32)c(F)n1. The van der Waals surface area contributed by atoms with Gasteiger partial charge >= 0.3 is 5.97 Å². The highest BCUT2D eigenvalue weighted by molar-refractivity contribution is 6.31. The molecule has 1 saturated heterocycles. The molecule has 0 aliphatic carbocycles. The summed E-state index contributed by atoms with van der Waals surface area (Å²) in [6, 6.07) is 6.39. The van der Waals surface area contributed by atoms with Crippen molar-refractivity contribution < 1.29 is 28.3 Å². The van der Waals surface area contributed by atoms with Gasteiger partial charge < -0.3 is 20.7 Å². The minimum atomic E-state index is -1.10. The van der Waals surface area contributed by atoms with Crippen LogP contribution in [-0.4, -0.2) is 52.1 Å². The Hall–Kier alpha value is -3.79. The van der Waals surface area contributed by atoms with Gasteiger partial charge in [-0.2, -0.15) is 4.39 Å². The Morgan fingerprint density at radius 3 is 2.74 bits per heavy atom. The monoisotopic (exact) mass is 500 g/mol. The molecule has 0 radical (unpaired) electrons. The Balaban J connectivity index is 1.41. The third-order valence-corrected chi connectivity index (χ3v) is 6.18. The lowest BCUT2D eigenvalue weighted by molar-refractivity contribution is -0.152. The fourth-order valence-corrected chi connectivity index (χ4v) is 4.55. The molecule has 35 heavy (non-hydrogen) atoms. The summed E-state index contributed by atoms with van der Waals surface area (Å²) in [5, 5.41) is 2.81. The van der Waals surface area contributed by atoms with Gasteiger partial charge in [0.25, 0.3) is 0 Å². The lowest BCUT2D eigenvalue weighted by atomic mass is 9.93. The van der Waals surface area contributed by atoms with Crippen molar-refractivity contribution in [2.75, 3.05) is 17.7 Å². The van der Waals surface area contributed by atoms with Crippen molar-refractivity contribution in [1.29, 1.82) is 0 Å². The Kier molecular flexibility index (Phi) is 6.83. The average Bonchev–Trinajstić information content (AvgIpc) is 3.23. The quantitative estimate of drug-likeness (QED) is 0.270. The largest absolute Gasteiger partial charge is 0.456 e. The molecule has 4 rings (SSSR count). The predicted octanol–water partition coefficient (Wildman–Crippen LogP) is 2.99. The summed E-state index contributed by atoms with van der Waals surface area (Å²) >= 11 is 6.08. The van der Waals surface area contributed by atoms with E-state index in [1.807, 2.05) is 0 Å². The van der Waals surface area contributed by atoms with E-state index in [0.29, 0.717) is 35.5 Å². The number of nitrogen functional groups attached to an aromatic ring is 1. The number of nitrogens with two attached hydrogens (primary N) is 1. The van der Waals surface area contributed by atoms with E-state index in [-0.39, 0.29) is 23.3 Å². The number of amides is 2. The summed E-state index contributed by atoms with van der Waals surface area (Å²) in [6.45, 7) is 0.530. The Bertz CT molecular complexity index is 1260. The van der Waals surface area contributed by atoms with Gasteiger partial charge in [0.15, 0.2) is 6.61 Å². The number of carbonyl (C=O) groups is 4. The van der Waals surface area contributed by atoms with E-state index in [1.165, 1.54) is 24.0 Å². The van der Waals surface area contributed by atoms with Gasteiger partial charge in [0, 0.05) is 35.3 Å². The van der Waals surface area contributed by atoms with Crippen LogP contribution < -0.4 is 11.1 Å². The minimum absolute atomic E-state index is 0.0453. The lowest BCUT2D eigenvalue weighted by Crippen LogP contribution is -2.47. The molecule has 0 spiro atoms. The fraction of sp³-hybridized carbons (Fsp3) is 0.292. The normalized spacial score (nSPS) is 19.1. The molecule has 3 N–H and O–H groups in total. The number of hydrogen-bond acceptors (Lipinski definition) is 7. The summed E-state index contributed by atoms with van der Waals surface area (Å²) in [4.78, 5) is 54.0. The first kappa shape index (κ1) is 24.3. The van der Waals surface area contributed by atoms with Gasteiger partial charge in [-0.15, -0.1) is 0 Å². The van der Waals surface area contributed by atoms with Crippen LogP contribution in [0.3, 0.4) is 0 Å². The molecule has 1 aromatic carbocycles. The molecule has 2 atom stereocenters. The number of Topliss-reactive ketones (excluding diaryl/α,β-unsaturated/α-hetero) is 1. The number of rotatable bonds is 6. The summed E-state index contributed by atoms with van der Waals surface area (Å²) in [7, 11) is 0. The van der Waals surface area contributed by atoms with Crippen LogP contribution in [0.25, 0.3) is 5.57 Å². The van der Waals surface area contributed by atoms with Crippen LogP contribution in [0.15, 0.2) is 36.4 Å². The predicted molar refractivity (Wildman–Crippen MR) is 126 cm³/mol. The van der Waals surface area contributed by atoms with E-state index in [9.17, 15) is 23.6 Å². The van der Waals surface area contributed by atoms with Gasteiger partial charge in [0.1, 0.15) is 11.9 Å². The number of carbonyl (C=O) groups excluding carboxylic acids is 4. The molecule has 1 fully saturated rings. The molecule has 0 bridgehead atoms. The molecule has 2 aromatic rings. The maximum atomic E-state index is 14.2. The van der Waals surface area contributed by atoms with E-state index >= 15 is 0 Å². The molecule has 2 amide bonds. The molecular formula is C24H22ClFN4O5. The standard InChI is InChI=1S/C24H22ClFN4O5/c1-12(31)28-21-7-4-16(23(26)29-21)20(32)11-35-24(34)19-6-3-15-8-13(9-22(33)30(15)19)17-10-14(25)2-5-18(17)27/h2,4-5,7,9-10,15,19H,3,6,8,11,27H2,1H3,(H,28,29,31)/t15-,19-/m0/s1. The van der Waals surface area contributed by atoms with Gasteiger partial charge in [0.05, 0.1) is 5.56 Å². The molecule has 182 valence electrons. The lowest BCUT2D eigenvalue weighted by Gasteiger charge is -2.33. The maximum Gasteiger partial charge on any atom is 0.329 e. The van der Waals surface area contributed by atoms with Crippen LogP contribution in [-0.2, 0) is 19.1 Å². The molecule has 1 aromatic heterocycles. The van der Waals surface area contributed by atoms with Gasteiger partial charge in [-0.25, -0.2) is 9.78 Å². The second kappa shape index (κ2) is 9.83. The van der Waals surface area contributed by atoms with Crippen molar-refractivity contribution >= 4 is 52.2 Å². The summed E-state index contributed by atoms with van der Waals surface area (Å²) in [5.74, 6) is -3.47. The topological polar surface area (TPSA) is 132 Å². The first-order valence-electron chi connectivity index (χ1n) is 10.9. The Morgan fingerprint density at radius 2 is 2.03 bits per heavy atom. The van der Waals surface area contributed by atoms with E-state index in [1.54, 1.807) is 18.2 Å². The zero-order chi connectivity index (χ0) is 25.3. The number of aromatic nitrogens is 1. The number of pyridine rings is 1. The summed E-state index contributed by atoms with van der Waals surface area (Å²) < 4.78 is 19.3. The van der Waals surface area contributed by atoms with Crippen molar-refractivity contribution in [1.82, 2.24) is 9.88 Å². The summed E-state index contributed by atoms with van der Waals surface area (Å²) in [6.07, 6.45) is 2.88. The molecule has 2 aliphatic heterocycles. The second-order valence-electron chi connectivity index (χ2n) is 8.34. The third-order valence-electron chi connectivity index (χ3n) is 5.94. The van der Waals surface area contributed by atoms with Crippen molar-refractivity contribution in [3.63, 3.8) is 0 Å². The maximum absolute atomic E-state index is 14.2. The number of nitrogens with zero attached hydrogens (tertiary/aromatic N) is 2. The number of fused-ring (bicyclic) bond motifs is 1. The van der Waals surface area contributed by atoms with Gasteiger partial charge in [0.2, 0.25) is 23.5 Å². The highest BCUT2D eigenvalue weighted by atomic mass is 35.5. The molecule has 2 aliphatic rings. The highest BCUT2D eigenvalue weighted by Gasteiger charge is 2.43. The number of halogens is 2. The van der Waals surface area contributed by atoms with E-state index in [2.05, 4.69) is 10.3 Å². The zero-order valence-corrected chi connectivity index (χ0v) is 19.5. The molecular weight excluding hydrogens is 479 g/mol. The smallest absolute Gasteiger partial charge is 0.329 e. The molecule has 11 heteroatoms. The van der Waals surface area contributed by atoms with Crippen LogP contribution in [0.2, 0.25) is 5.02 Å². The third kappa shape index (κ3) is 5.17. The van der Waals surface area contributed by atoms with Crippen LogP contribution in [0.4, 0.5) is 15.9 Å². The van der Waals surface area contributed by atoms with Crippen molar-refractivity contribution in [2.45, 2.75) is 38.3 Å². The second-order valence-corrected chi connectivity index (χ2v) is 8.78. The molecule has 0 saturated carbocycles. The summed E-state index contributed by atoms with van der Waals surface area (Å²) in [5.41, 5.74) is 7.60. The number of ketones is 1. The van der Waals surface area contributed by atoms with Crippen LogP contribution in [0, 0.1) is 5.95 Å². The number of nitrogens with one attached hydrogen (secondary N) is 1.